The molecule has 0 unspecified atom stereocenters. The van der Waals surface area contributed by atoms with Gasteiger partial charge in [0.05, 0.1) is 21.3 Å². The lowest BCUT2D eigenvalue weighted by molar-refractivity contribution is 0.176. The summed E-state index contributed by atoms with van der Waals surface area (Å²) in [7, 11) is 4.90. The molecule has 0 saturated carbocycles. The van der Waals surface area contributed by atoms with Gasteiger partial charge in [-0.2, -0.15) is 0 Å². The smallest absolute Gasteiger partial charge is 0.203 e. The number of ether oxygens (including phenoxy) is 3. The largest absolute Gasteiger partial charge is 0.493 e. The standard InChI is InChI=1S/C21H27N3O3S/c1-25-18-13-16(14-19(26-2)20(18)27-3)15-23-9-11-24(12-10-23)21(28)22-17-7-5-4-6-8-17/h4-8,13-14H,9-12,15H2,1-3H3,(H,22,28). The number of nitrogens with zero attached hydrogens (tertiary/aromatic N) is 2. The highest BCUT2D eigenvalue weighted by Crippen LogP contribution is 2.38. The molecule has 0 spiro atoms. The Morgan fingerprint density at radius 3 is 2.07 bits per heavy atom. The second kappa shape index (κ2) is 9.61. The van der Waals surface area contributed by atoms with E-state index in [1.54, 1.807) is 21.3 Å². The van der Waals surface area contributed by atoms with Crippen molar-refractivity contribution >= 4 is 23.0 Å². The number of nitrogens with one attached hydrogen (secondary N) is 1. The molecule has 7 heteroatoms. The van der Waals surface area contributed by atoms with Crippen LogP contribution in [0.2, 0.25) is 0 Å². The number of piperazine rings is 1. The van der Waals surface area contributed by atoms with Crippen molar-refractivity contribution in [3.8, 4) is 17.2 Å². The number of para-hydroxylation sites is 1. The van der Waals surface area contributed by atoms with Crippen molar-refractivity contribution in [1.29, 1.82) is 0 Å². The van der Waals surface area contributed by atoms with E-state index in [1.165, 1.54) is 0 Å². The fourth-order valence-corrected chi connectivity index (χ4v) is 3.62. The van der Waals surface area contributed by atoms with Gasteiger partial charge in [0.1, 0.15) is 0 Å². The Labute approximate surface area is 172 Å². The molecule has 150 valence electrons. The summed E-state index contributed by atoms with van der Waals surface area (Å²) in [5, 5.41) is 4.09. The normalized spacial score (nSPS) is 14.5. The zero-order valence-corrected chi connectivity index (χ0v) is 17.4. The van der Waals surface area contributed by atoms with Crippen molar-refractivity contribution < 1.29 is 14.2 Å². The van der Waals surface area contributed by atoms with Crippen molar-refractivity contribution in [1.82, 2.24) is 9.80 Å². The van der Waals surface area contributed by atoms with Gasteiger partial charge >= 0.3 is 0 Å². The predicted molar refractivity (Wildman–Crippen MR) is 116 cm³/mol. The molecule has 28 heavy (non-hydrogen) atoms. The van der Waals surface area contributed by atoms with Gasteiger partial charge in [0.2, 0.25) is 5.75 Å². The van der Waals surface area contributed by atoms with Crippen LogP contribution in [0.15, 0.2) is 42.5 Å². The van der Waals surface area contributed by atoms with Gasteiger partial charge in [0, 0.05) is 38.4 Å². The lowest BCUT2D eigenvalue weighted by Crippen LogP contribution is -2.49. The van der Waals surface area contributed by atoms with E-state index >= 15 is 0 Å². The first kappa shape index (κ1) is 20.2. The average molecular weight is 402 g/mol. The van der Waals surface area contributed by atoms with E-state index < -0.39 is 0 Å². The second-order valence-electron chi connectivity index (χ2n) is 6.59. The highest BCUT2D eigenvalue weighted by molar-refractivity contribution is 7.80. The summed E-state index contributed by atoms with van der Waals surface area (Å²) < 4.78 is 16.3. The summed E-state index contributed by atoms with van der Waals surface area (Å²) in [5.41, 5.74) is 2.15. The molecule has 0 aliphatic carbocycles. The molecular weight excluding hydrogens is 374 g/mol. The monoisotopic (exact) mass is 401 g/mol. The Bertz CT molecular complexity index is 768. The van der Waals surface area contributed by atoms with E-state index in [-0.39, 0.29) is 0 Å². The van der Waals surface area contributed by atoms with E-state index in [1.807, 2.05) is 42.5 Å². The summed E-state index contributed by atoms with van der Waals surface area (Å²) in [6.45, 7) is 4.48. The molecule has 1 aliphatic rings. The number of benzene rings is 2. The van der Waals surface area contributed by atoms with Gasteiger partial charge in [0.25, 0.3) is 0 Å². The van der Waals surface area contributed by atoms with E-state index in [0.717, 1.165) is 49.1 Å². The number of methoxy groups -OCH3 is 3. The highest BCUT2D eigenvalue weighted by atomic mass is 32.1. The zero-order chi connectivity index (χ0) is 19.9. The van der Waals surface area contributed by atoms with Crippen LogP contribution in [0.25, 0.3) is 0 Å². The lowest BCUT2D eigenvalue weighted by atomic mass is 10.1. The minimum atomic E-state index is 0.621. The molecule has 1 heterocycles. The summed E-state index contributed by atoms with van der Waals surface area (Å²) in [6, 6.07) is 14.1. The lowest BCUT2D eigenvalue weighted by Gasteiger charge is -2.36. The maximum absolute atomic E-state index is 5.57. The van der Waals surface area contributed by atoms with Crippen molar-refractivity contribution in [3.05, 3.63) is 48.0 Å². The highest BCUT2D eigenvalue weighted by Gasteiger charge is 2.20. The number of rotatable bonds is 6. The second-order valence-corrected chi connectivity index (χ2v) is 6.98. The topological polar surface area (TPSA) is 46.2 Å². The van der Waals surface area contributed by atoms with Crippen molar-refractivity contribution in [3.63, 3.8) is 0 Å². The molecule has 1 N–H and O–H groups in total. The predicted octanol–water partition coefficient (Wildman–Crippen LogP) is 3.23. The van der Waals surface area contributed by atoms with E-state index in [9.17, 15) is 0 Å². The maximum Gasteiger partial charge on any atom is 0.203 e. The molecule has 0 amide bonds. The fourth-order valence-electron chi connectivity index (χ4n) is 3.32. The third kappa shape index (κ3) is 4.85. The number of thiocarbonyl (C=S) groups is 1. The van der Waals surface area contributed by atoms with E-state index in [4.69, 9.17) is 26.4 Å². The van der Waals surface area contributed by atoms with Crippen LogP contribution < -0.4 is 19.5 Å². The average Bonchev–Trinajstić information content (AvgIpc) is 2.74. The van der Waals surface area contributed by atoms with Gasteiger partial charge < -0.3 is 24.4 Å². The van der Waals surface area contributed by atoms with Gasteiger partial charge in [-0.15, -0.1) is 0 Å². The van der Waals surface area contributed by atoms with Crippen LogP contribution >= 0.6 is 12.2 Å². The number of hydrogen-bond donors (Lipinski definition) is 1. The van der Waals surface area contributed by atoms with Crippen LogP contribution in [0.4, 0.5) is 5.69 Å². The van der Waals surface area contributed by atoms with Crippen molar-refractivity contribution in [2.45, 2.75) is 6.54 Å². The first-order valence-corrected chi connectivity index (χ1v) is 9.67. The molecule has 3 rings (SSSR count). The Hall–Kier alpha value is -2.51. The Morgan fingerprint density at radius 2 is 1.54 bits per heavy atom. The molecule has 6 nitrogen and oxygen atoms in total. The Balaban J connectivity index is 1.57. The first-order valence-electron chi connectivity index (χ1n) is 9.26. The molecule has 2 aromatic carbocycles. The van der Waals surface area contributed by atoms with Gasteiger partial charge in [-0.3, -0.25) is 4.90 Å². The van der Waals surface area contributed by atoms with Crippen LogP contribution in [0.3, 0.4) is 0 Å². The summed E-state index contributed by atoms with van der Waals surface area (Å²) in [4.78, 5) is 4.62. The third-order valence-electron chi connectivity index (χ3n) is 4.82. The molecule has 1 aliphatic heterocycles. The molecule has 0 radical (unpaired) electrons. The third-order valence-corrected chi connectivity index (χ3v) is 5.18. The van der Waals surface area contributed by atoms with Crippen LogP contribution in [-0.4, -0.2) is 62.4 Å². The van der Waals surface area contributed by atoms with Gasteiger partial charge in [-0.25, -0.2) is 0 Å². The summed E-state index contributed by atoms with van der Waals surface area (Å²) >= 11 is 5.57. The van der Waals surface area contributed by atoms with Crippen LogP contribution in [-0.2, 0) is 6.54 Å². The fraction of sp³-hybridized carbons (Fsp3) is 0.381. The van der Waals surface area contributed by atoms with Crippen molar-refractivity contribution in [2.75, 3.05) is 52.8 Å². The number of hydrogen-bond acceptors (Lipinski definition) is 5. The molecule has 1 fully saturated rings. The zero-order valence-electron chi connectivity index (χ0n) is 16.6. The molecule has 2 aromatic rings. The SMILES string of the molecule is COc1cc(CN2CCN(C(=S)Nc3ccccc3)CC2)cc(OC)c1OC. The van der Waals surface area contributed by atoms with Crippen molar-refractivity contribution in [2.24, 2.45) is 0 Å². The minimum Gasteiger partial charge on any atom is -0.493 e. The summed E-state index contributed by atoms with van der Waals surface area (Å²) in [5.74, 6) is 1.99. The van der Waals surface area contributed by atoms with Crippen LogP contribution in [0.5, 0.6) is 17.2 Å². The molecule has 0 atom stereocenters. The Kier molecular flexibility index (Phi) is 6.95. The van der Waals surface area contributed by atoms with E-state index in [2.05, 4.69) is 15.1 Å². The molecular formula is C21H27N3O3S. The minimum absolute atomic E-state index is 0.621. The molecule has 0 bridgehead atoms. The quantitative estimate of drug-likeness (QED) is 0.746. The van der Waals surface area contributed by atoms with Gasteiger partial charge in [-0.05, 0) is 42.0 Å². The number of anilines is 1. The molecule has 0 aromatic heterocycles. The van der Waals surface area contributed by atoms with Gasteiger partial charge in [-0.1, -0.05) is 18.2 Å². The first-order chi connectivity index (χ1) is 13.6. The maximum atomic E-state index is 5.57. The summed E-state index contributed by atoms with van der Waals surface area (Å²) in [6.07, 6.45) is 0. The van der Waals surface area contributed by atoms with E-state index in [0.29, 0.717) is 17.2 Å². The van der Waals surface area contributed by atoms with Gasteiger partial charge in [0.15, 0.2) is 16.6 Å². The molecule has 1 saturated heterocycles. The van der Waals surface area contributed by atoms with Crippen LogP contribution in [0.1, 0.15) is 5.56 Å². The van der Waals surface area contributed by atoms with Crippen LogP contribution in [0, 0.1) is 0 Å². The Morgan fingerprint density at radius 1 is 0.929 bits per heavy atom.